The fraction of sp³-hybridized carbons (Fsp3) is 0.136. The van der Waals surface area contributed by atoms with Crippen LogP contribution in [0, 0.1) is 6.92 Å². The van der Waals surface area contributed by atoms with E-state index in [-0.39, 0.29) is 5.78 Å². The third kappa shape index (κ3) is 3.51. The van der Waals surface area contributed by atoms with Gasteiger partial charge in [0.15, 0.2) is 16.8 Å². The van der Waals surface area contributed by atoms with Gasteiger partial charge in [0.1, 0.15) is 11.0 Å². The molecular formula is C22H19N3O2S. The lowest BCUT2D eigenvalue weighted by Gasteiger charge is -2.15. The molecule has 28 heavy (non-hydrogen) atoms. The molecule has 0 fully saturated rings. The summed E-state index contributed by atoms with van der Waals surface area (Å²) in [5.74, 6) is 1.54. The summed E-state index contributed by atoms with van der Waals surface area (Å²) in [6, 6.07) is 21.0. The smallest absolute Gasteiger partial charge is 0.192 e. The monoisotopic (exact) mass is 389 g/mol. The van der Waals surface area contributed by atoms with Crippen molar-refractivity contribution in [1.82, 2.24) is 14.8 Å². The highest BCUT2D eigenvalue weighted by molar-refractivity contribution is 8.00. The van der Waals surface area contributed by atoms with Gasteiger partial charge in [-0.2, -0.15) is 0 Å². The number of ketones is 1. The molecule has 1 atom stereocenters. The van der Waals surface area contributed by atoms with Crippen molar-refractivity contribution < 1.29 is 9.21 Å². The van der Waals surface area contributed by atoms with E-state index < -0.39 is 5.25 Å². The number of Topliss-reactive ketones (excluding diaryl/α,β-unsaturated/α-hetero) is 1. The number of hydrogen-bond donors (Lipinski definition) is 0. The Balaban J connectivity index is 1.70. The minimum absolute atomic E-state index is 0.0424. The van der Waals surface area contributed by atoms with E-state index in [9.17, 15) is 4.79 Å². The van der Waals surface area contributed by atoms with Gasteiger partial charge in [-0.05, 0) is 18.6 Å². The van der Waals surface area contributed by atoms with Crippen LogP contribution in [0.15, 0.2) is 82.6 Å². The van der Waals surface area contributed by atoms with E-state index in [1.165, 1.54) is 11.8 Å². The van der Waals surface area contributed by atoms with Gasteiger partial charge in [0, 0.05) is 12.6 Å². The van der Waals surface area contributed by atoms with Crippen LogP contribution < -0.4 is 0 Å². The largest absolute Gasteiger partial charge is 0.469 e. The third-order valence-electron chi connectivity index (χ3n) is 4.56. The van der Waals surface area contributed by atoms with Gasteiger partial charge in [0.05, 0.1) is 11.8 Å². The summed E-state index contributed by atoms with van der Waals surface area (Å²) in [6.45, 7) is 1.89. The first kappa shape index (κ1) is 18.3. The van der Waals surface area contributed by atoms with Crippen molar-refractivity contribution in [2.24, 2.45) is 7.05 Å². The molecule has 0 aliphatic rings. The number of aromatic nitrogens is 3. The lowest BCUT2D eigenvalue weighted by molar-refractivity contribution is 0.0989. The molecule has 0 bridgehead atoms. The molecule has 4 rings (SSSR count). The molecule has 0 spiro atoms. The highest BCUT2D eigenvalue weighted by Gasteiger charge is 2.26. The summed E-state index contributed by atoms with van der Waals surface area (Å²) in [5.41, 5.74) is 2.51. The van der Waals surface area contributed by atoms with Crippen molar-refractivity contribution in [3.8, 4) is 11.4 Å². The molecule has 0 N–H and O–H groups in total. The Morgan fingerprint density at radius 3 is 2.32 bits per heavy atom. The number of benzene rings is 2. The van der Waals surface area contributed by atoms with Crippen molar-refractivity contribution in [3.05, 3.63) is 89.9 Å². The molecule has 2 aromatic carbocycles. The molecule has 2 aromatic heterocycles. The summed E-state index contributed by atoms with van der Waals surface area (Å²) in [4.78, 5) is 13.3. The highest BCUT2D eigenvalue weighted by atomic mass is 32.2. The predicted molar refractivity (Wildman–Crippen MR) is 109 cm³/mol. The van der Waals surface area contributed by atoms with Crippen LogP contribution in [-0.4, -0.2) is 20.5 Å². The molecule has 0 radical (unpaired) electrons. The molecule has 2 heterocycles. The fourth-order valence-electron chi connectivity index (χ4n) is 3.03. The first-order valence-corrected chi connectivity index (χ1v) is 9.78. The molecule has 0 saturated carbocycles. The molecule has 4 aromatic rings. The average molecular weight is 389 g/mol. The minimum Gasteiger partial charge on any atom is -0.469 e. The Labute approximate surface area is 167 Å². The van der Waals surface area contributed by atoms with Gasteiger partial charge >= 0.3 is 0 Å². The number of furan rings is 1. The topological polar surface area (TPSA) is 60.9 Å². The van der Waals surface area contributed by atoms with E-state index in [0.717, 1.165) is 16.9 Å². The zero-order valence-corrected chi connectivity index (χ0v) is 16.4. The molecule has 5 nitrogen and oxygen atoms in total. The Bertz CT molecular complexity index is 1090. The Morgan fingerprint density at radius 1 is 1.00 bits per heavy atom. The lowest BCUT2D eigenvalue weighted by atomic mass is 10.0. The van der Waals surface area contributed by atoms with Gasteiger partial charge < -0.3 is 8.98 Å². The molecule has 0 saturated heterocycles. The summed E-state index contributed by atoms with van der Waals surface area (Å²) >= 11 is 1.40. The second-order valence-electron chi connectivity index (χ2n) is 6.39. The van der Waals surface area contributed by atoms with Crippen LogP contribution in [0.2, 0.25) is 0 Å². The highest BCUT2D eigenvalue weighted by Crippen LogP contribution is 2.38. The van der Waals surface area contributed by atoms with E-state index in [1.54, 1.807) is 6.26 Å². The predicted octanol–water partition coefficient (Wildman–Crippen LogP) is 5.10. The second-order valence-corrected chi connectivity index (χ2v) is 7.47. The van der Waals surface area contributed by atoms with E-state index in [4.69, 9.17) is 4.42 Å². The molecule has 0 amide bonds. The minimum atomic E-state index is -0.412. The zero-order chi connectivity index (χ0) is 19.5. The fourth-order valence-corrected chi connectivity index (χ4v) is 4.11. The van der Waals surface area contributed by atoms with Gasteiger partial charge in [-0.25, -0.2) is 0 Å². The number of aryl methyl sites for hydroxylation is 1. The van der Waals surface area contributed by atoms with Crippen LogP contribution in [0.3, 0.4) is 0 Å². The maximum absolute atomic E-state index is 13.3. The molecule has 0 unspecified atom stereocenters. The van der Waals surface area contributed by atoms with E-state index >= 15 is 0 Å². The Morgan fingerprint density at radius 2 is 1.68 bits per heavy atom. The zero-order valence-electron chi connectivity index (χ0n) is 15.6. The van der Waals surface area contributed by atoms with Gasteiger partial charge in [0.2, 0.25) is 0 Å². The van der Waals surface area contributed by atoms with Crippen molar-refractivity contribution in [2.75, 3.05) is 0 Å². The normalized spacial score (nSPS) is 12.1. The second kappa shape index (κ2) is 7.86. The quantitative estimate of drug-likeness (QED) is 0.339. The Hall–Kier alpha value is -3.12. The molecule has 6 heteroatoms. The average Bonchev–Trinajstić information content (AvgIpc) is 3.32. The standard InChI is InChI=1S/C22H19N3O2S/c1-15-18(13-14-27-15)21-23-24-22(25(21)2)28-20(17-11-7-4-8-12-17)19(26)16-9-5-3-6-10-16/h3-14,20H,1-2H3/t20-/m0/s1. The van der Waals surface area contributed by atoms with E-state index in [1.807, 2.05) is 85.3 Å². The first-order chi connectivity index (χ1) is 13.6. The number of thioether (sulfide) groups is 1. The Kier molecular flexibility index (Phi) is 5.12. The van der Waals surface area contributed by atoms with Crippen LogP contribution in [0.1, 0.15) is 26.9 Å². The number of carbonyl (C=O) groups is 1. The van der Waals surface area contributed by atoms with Crippen LogP contribution in [-0.2, 0) is 7.05 Å². The summed E-state index contributed by atoms with van der Waals surface area (Å²) < 4.78 is 7.29. The van der Waals surface area contributed by atoms with E-state index in [2.05, 4.69) is 10.2 Å². The summed E-state index contributed by atoms with van der Waals surface area (Å²) in [5, 5.41) is 8.92. The van der Waals surface area contributed by atoms with Gasteiger partial charge in [-0.3, -0.25) is 4.79 Å². The lowest BCUT2D eigenvalue weighted by Crippen LogP contribution is -2.11. The summed E-state index contributed by atoms with van der Waals surface area (Å²) in [6.07, 6.45) is 1.64. The molecular weight excluding hydrogens is 370 g/mol. The van der Waals surface area contributed by atoms with Gasteiger partial charge in [-0.1, -0.05) is 72.4 Å². The van der Waals surface area contributed by atoms with Crippen LogP contribution in [0.25, 0.3) is 11.4 Å². The SMILES string of the molecule is Cc1occc1-c1nnc(S[C@H](C(=O)c2ccccc2)c2ccccc2)n1C. The third-order valence-corrected chi connectivity index (χ3v) is 5.84. The maximum atomic E-state index is 13.3. The van der Waals surface area contributed by atoms with Crippen molar-refractivity contribution in [1.29, 1.82) is 0 Å². The van der Waals surface area contributed by atoms with Gasteiger partial charge in [0.25, 0.3) is 0 Å². The number of rotatable bonds is 6. The first-order valence-electron chi connectivity index (χ1n) is 8.90. The molecule has 0 aliphatic heterocycles. The van der Waals surface area contributed by atoms with E-state index in [0.29, 0.717) is 16.5 Å². The van der Waals surface area contributed by atoms with Gasteiger partial charge in [-0.15, -0.1) is 10.2 Å². The number of nitrogens with zero attached hydrogens (tertiary/aromatic N) is 3. The maximum Gasteiger partial charge on any atom is 0.192 e. The van der Waals surface area contributed by atoms with Crippen molar-refractivity contribution in [2.45, 2.75) is 17.3 Å². The van der Waals surface area contributed by atoms with Crippen molar-refractivity contribution in [3.63, 3.8) is 0 Å². The summed E-state index contributed by atoms with van der Waals surface area (Å²) in [7, 11) is 1.90. The molecule has 140 valence electrons. The van der Waals surface area contributed by atoms with Crippen LogP contribution >= 0.6 is 11.8 Å². The molecule has 0 aliphatic carbocycles. The van der Waals surface area contributed by atoms with Crippen LogP contribution in [0.4, 0.5) is 0 Å². The number of carbonyl (C=O) groups excluding carboxylic acids is 1. The van der Waals surface area contributed by atoms with Crippen LogP contribution in [0.5, 0.6) is 0 Å². The number of hydrogen-bond acceptors (Lipinski definition) is 5. The van der Waals surface area contributed by atoms with Crippen molar-refractivity contribution >= 4 is 17.5 Å².